The van der Waals surface area contributed by atoms with Crippen LogP contribution in [0.4, 0.5) is 5.95 Å². The van der Waals surface area contributed by atoms with Gasteiger partial charge in [0.15, 0.2) is 0 Å². The molecule has 0 aromatic carbocycles. The Balaban J connectivity index is 1.27. The van der Waals surface area contributed by atoms with Gasteiger partial charge < -0.3 is 15.0 Å². The number of hydrogen-bond donors (Lipinski definition) is 1. The van der Waals surface area contributed by atoms with Gasteiger partial charge in [0, 0.05) is 50.9 Å². The summed E-state index contributed by atoms with van der Waals surface area (Å²) in [5.74, 6) is 2.25. The molecular weight excluding hydrogens is 330 g/mol. The number of morpholine rings is 1. The van der Waals surface area contributed by atoms with Gasteiger partial charge >= 0.3 is 0 Å². The molecule has 1 aliphatic carbocycles. The molecule has 26 heavy (non-hydrogen) atoms. The Kier molecular flexibility index (Phi) is 5.65. The zero-order valence-corrected chi connectivity index (χ0v) is 15.3. The minimum Gasteiger partial charge on any atom is -0.379 e. The summed E-state index contributed by atoms with van der Waals surface area (Å²) < 4.78 is 5.38. The van der Waals surface area contributed by atoms with Crippen molar-refractivity contribution in [3.8, 4) is 0 Å². The van der Waals surface area contributed by atoms with Gasteiger partial charge in [0.1, 0.15) is 0 Å². The minimum absolute atomic E-state index is 0.271. The van der Waals surface area contributed by atoms with E-state index in [2.05, 4.69) is 25.1 Å². The summed E-state index contributed by atoms with van der Waals surface area (Å²) in [6.45, 7) is 6.27. The Morgan fingerprint density at radius 3 is 2.69 bits per heavy atom. The summed E-state index contributed by atoms with van der Waals surface area (Å²) in [5.41, 5.74) is 0. The van der Waals surface area contributed by atoms with Crippen molar-refractivity contribution in [2.45, 2.75) is 31.7 Å². The summed E-state index contributed by atoms with van der Waals surface area (Å²) in [6, 6.07) is 2.09. The second-order valence-corrected chi connectivity index (χ2v) is 7.68. The molecule has 3 fully saturated rings. The van der Waals surface area contributed by atoms with Gasteiger partial charge in [-0.05, 0) is 37.8 Å². The van der Waals surface area contributed by atoms with E-state index in [4.69, 9.17) is 4.74 Å². The van der Waals surface area contributed by atoms with Gasteiger partial charge in [0.25, 0.3) is 0 Å². The first kappa shape index (κ1) is 17.7. The third-order valence-corrected chi connectivity index (χ3v) is 5.79. The number of nitrogens with zero attached hydrogens (tertiary/aromatic N) is 4. The number of ether oxygens (including phenoxy) is 1. The molecule has 0 spiro atoms. The second-order valence-electron chi connectivity index (χ2n) is 7.68. The fourth-order valence-electron chi connectivity index (χ4n) is 4.16. The predicted octanol–water partition coefficient (Wildman–Crippen LogP) is 1.24. The highest BCUT2D eigenvalue weighted by Gasteiger charge is 2.43. The lowest BCUT2D eigenvalue weighted by molar-refractivity contribution is -0.130. The molecule has 142 valence electrons. The molecule has 2 saturated heterocycles. The number of likely N-dealkylation sites (tertiary alicyclic amines) is 1. The second kappa shape index (κ2) is 8.31. The largest absolute Gasteiger partial charge is 0.379 e. The van der Waals surface area contributed by atoms with Crippen LogP contribution in [0.2, 0.25) is 0 Å². The number of carbonyl (C=O) groups is 1. The highest BCUT2D eigenvalue weighted by molar-refractivity contribution is 5.76. The van der Waals surface area contributed by atoms with E-state index < -0.39 is 0 Å². The van der Waals surface area contributed by atoms with Crippen molar-refractivity contribution in [1.82, 2.24) is 19.8 Å². The zero-order valence-electron chi connectivity index (χ0n) is 15.3. The minimum atomic E-state index is 0.271. The molecule has 0 radical (unpaired) electrons. The smallest absolute Gasteiger partial charge is 0.222 e. The highest BCUT2D eigenvalue weighted by Crippen LogP contribution is 2.42. The molecule has 2 aliphatic heterocycles. The summed E-state index contributed by atoms with van der Waals surface area (Å²) in [5, 5.41) is 3.47. The van der Waals surface area contributed by atoms with Crippen LogP contribution < -0.4 is 5.32 Å². The zero-order chi connectivity index (χ0) is 17.8. The van der Waals surface area contributed by atoms with Crippen LogP contribution in [0, 0.1) is 11.8 Å². The van der Waals surface area contributed by atoms with Crippen LogP contribution in [-0.2, 0) is 9.53 Å². The fraction of sp³-hybridized carbons (Fsp3) is 0.737. The van der Waals surface area contributed by atoms with Crippen LogP contribution in [0.5, 0.6) is 0 Å². The number of anilines is 1. The van der Waals surface area contributed by atoms with Gasteiger partial charge in [-0.1, -0.05) is 0 Å². The van der Waals surface area contributed by atoms with Crippen molar-refractivity contribution >= 4 is 11.9 Å². The molecule has 1 aromatic rings. The topological polar surface area (TPSA) is 70.6 Å². The fourth-order valence-corrected chi connectivity index (χ4v) is 4.16. The molecule has 1 aromatic heterocycles. The highest BCUT2D eigenvalue weighted by atomic mass is 16.5. The Hall–Kier alpha value is -1.73. The SMILES string of the molecule is O=C(CCCN1CCOCC1)N1C[C@@H](Nc2ncccn2)[C@H](C2CC2)C1. The maximum Gasteiger partial charge on any atom is 0.222 e. The van der Waals surface area contributed by atoms with Gasteiger partial charge in [0.2, 0.25) is 11.9 Å². The molecule has 1 amide bonds. The third-order valence-electron chi connectivity index (χ3n) is 5.79. The molecule has 1 saturated carbocycles. The Bertz CT molecular complexity index is 589. The average molecular weight is 359 g/mol. The van der Waals surface area contributed by atoms with E-state index in [9.17, 15) is 4.79 Å². The predicted molar refractivity (Wildman–Crippen MR) is 98.7 cm³/mol. The first-order valence-electron chi connectivity index (χ1n) is 9.91. The van der Waals surface area contributed by atoms with Crippen LogP contribution in [0.1, 0.15) is 25.7 Å². The summed E-state index contributed by atoms with van der Waals surface area (Å²) in [6.07, 6.45) is 7.66. The summed E-state index contributed by atoms with van der Waals surface area (Å²) in [4.78, 5) is 25.7. The third kappa shape index (κ3) is 4.51. The van der Waals surface area contributed by atoms with Gasteiger partial charge in [-0.25, -0.2) is 9.97 Å². The molecule has 2 atom stereocenters. The van der Waals surface area contributed by atoms with E-state index >= 15 is 0 Å². The first-order valence-corrected chi connectivity index (χ1v) is 9.91. The van der Waals surface area contributed by atoms with Crippen LogP contribution in [0.15, 0.2) is 18.5 Å². The van der Waals surface area contributed by atoms with E-state index in [0.29, 0.717) is 24.2 Å². The molecule has 4 rings (SSSR count). The van der Waals surface area contributed by atoms with Crippen LogP contribution in [-0.4, -0.2) is 77.7 Å². The summed E-state index contributed by atoms with van der Waals surface area (Å²) >= 11 is 0. The number of hydrogen-bond acceptors (Lipinski definition) is 6. The number of rotatable bonds is 7. The van der Waals surface area contributed by atoms with Crippen molar-refractivity contribution in [2.75, 3.05) is 51.3 Å². The van der Waals surface area contributed by atoms with E-state index in [1.54, 1.807) is 12.4 Å². The number of amides is 1. The van der Waals surface area contributed by atoms with Gasteiger partial charge in [-0.3, -0.25) is 9.69 Å². The molecule has 0 bridgehead atoms. The van der Waals surface area contributed by atoms with Gasteiger partial charge in [-0.15, -0.1) is 0 Å². The van der Waals surface area contributed by atoms with Crippen molar-refractivity contribution < 1.29 is 9.53 Å². The number of nitrogens with one attached hydrogen (secondary N) is 1. The normalized spacial score (nSPS) is 26.8. The Morgan fingerprint density at radius 2 is 1.96 bits per heavy atom. The van der Waals surface area contributed by atoms with Gasteiger partial charge in [0.05, 0.1) is 19.3 Å². The summed E-state index contributed by atoms with van der Waals surface area (Å²) in [7, 11) is 0. The molecular formula is C19H29N5O2. The molecule has 7 nitrogen and oxygen atoms in total. The lowest BCUT2D eigenvalue weighted by Gasteiger charge is -2.26. The molecule has 0 unspecified atom stereocenters. The standard InChI is InChI=1S/C19H29N5O2/c25-18(3-1-8-23-9-11-26-12-10-23)24-13-16(15-4-5-15)17(14-24)22-19-20-6-2-7-21-19/h2,6-7,15-17H,1,3-5,8-14H2,(H,20,21,22)/t16-,17+/m0/s1. The monoisotopic (exact) mass is 359 g/mol. The van der Waals surface area contributed by atoms with Crippen molar-refractivity contribution in [1.29, 1.82) is 0 Å². The average Bonchev–Trinajstić information content (AvgIpc) is 3.44. The maximum atomic E-state index is 12.7. The van der Waals surface area contributed by atoms with E-state index in [1.807, 2.05) is 6.07 Å². The van der Waals surface area contributed by atoms with Crippen LogP contribution in [0.25, 0.3) is 0 Å². The maximum absolute atomic E-state index is 12.7. The van der Waals surface area contributed by atoms with Gasteiger partial charge in [-0.2, -0.15) is 0 Å². The van der Waals surface area contributed by atoms with E-state index in [-0.39, 0.29) is 6.04 Å². The lowest BCUT2D eigenvalue weighted by Crippen LogP contribution is -2.37. The Labute approximate surface area is 155 Å². The molecule has 1 N–H and O–H groups in total. The number of carbonyl (C=O) groups excluding carboxylic acids is 1. The van der Waals surface area contributed by atoms with Crippen LogP contribution in [0.3, 0.4) is 0 Å². The van der Waals surface area contributed by atoms with Crippen molar-refractivity contribution in [2.24, 2.45) is 11.8 Å². The van der Waals surface area contributed by atoms with Crippen LogP contribution >= 0.6 is 0 Å². The van der Waals surface area contributed by atoms with E-state index in [0.717, 1.165) is 58.3 Å². The quantitative estimate of drug-likeness (QED) is 0.790. The Morgan fingerprint density at radius 1 is 1.19 bits per heavy atom. The van der Waals surface area contributed by atoms with Crippen molar-refractivity contribution in [3.05, 3.63) is 18.5 Å². The molecule has 7 heteroatoms. The van der Waals surface area contributed by atoms with E-state index in [1.165, 1.54) is 12.8 Å². The number of aromatic nitrogens is 2. The first-order chi connectivity index (χ1) is 12.8. The van der Waals surface area contributed by atoms with Crippen molar-refractivity contribution in [3.63, 3.8) is 0 Å². The molecule has 3 aliphatic rings. The lowest BCUT2D eigenvalue weighted by atomic mass is 9.98. The molecule has 3 heterocycles.